The van der Waals surface area contributed by atoms with Crippen LogP contribution < -0.4 is 5.32 Å². The number of pyridine rings is 3. The van der Waals surface area contributed by atoms with Crippen LogP contribution in [0.5, 0.6) is 0 Å². The Hall–Kier alpha value is -4.85. The third kappa shape index (κ3) is 4.30. The summed E-state index contributed by atoms with van der Waals surface area (Å²) in [6, 6.07) is 7.87. The lowest BCUT2D eigenvalue weighted by molar-refractivity contribution is 0.356. The van der Waals surface area contributed by atoms with Crippen molar-refractivity contribution < 1.29 is 0 Å². The van der Waals surface area contributed by atoms with E-state index in [9.17, 15) is 0 Å². The second kappa shape index (κ2) is 9.89. The van der Waals surface area contributed by atoms with Crippen molar-refractivity contribution in [1.29, 1.82) is 0 Å². The lowest BCUT2D eigenvalue weighted by atomic mass is 9.83. The molecule has 5 heterocycles. The van der Waals surface area contributed by atoms with Crippen molar-refractivity contribution in [3.05, 3.63) is 97.5 Å². The highest BCUT2D eigenvalue weighted by Gasteiger charge is 2.21. The van der Waals surface area contributed by atoms with Crippen molar-refractivity contribution in [1.82, 2.24) is 40.4 Å². The van der Waals surface area contributed by atoms with E-state index in [4.69, 9.17) is 9.97 Å². The van der Waals surface area contributed by atoms with E-state index in [-0.39, 0.29) is 0 Å². The third-order valence-electron chi connectivity index (χ3n) is 7.04. The lowest BCUT2D eigenvalue weighted by Crippen LogP contribution is -2.23. The maximum absolute atomic E-state index is 4.99. The van der Waals surface area contributed by atoms with Crippen LogP contribution in [0, 0.1) is 5.92 Å². The monoisotopic (exact) mass is 500 g/mol. The molecule has 0 unspecified atom stereocenters. The van der Waals surface area contributed by atoms with E-state index in [1.807, 2.05) is 49.5 Å². The van der Waals surface area contributed by atoms with E-state index < -0.39 is 0 Å². The van der Waals surface area contributed by atoms with Gasteiger partial charge in [0.15, 0.2) is 11.5 Å². The fourth-order valence-corrected chi connectivity index (χ4v) is 4.67. The van der Waals surface area contributed by atoms with Crippen LogP contribution in [0.15, 0.2) is 91.8 Å². The van der Waals surface area contributed by atoms with Crippen molar-refractivity contribution in [2.24, 2.45) is 5.92 Å². The first-order valence-corrected chi connectivity index (χ1v) is 12.7. The Labute approximate surface area is 220 Å². The molecule has 3 N–H and O–H groups in total. The Morgan fingerprint density at radius 3 is 2.68 bits per heavy atom. The van der Waals surface area contributed by atoms with Crippen LogP contribution in [0.1, 0.15) is 31.9 Å². The van der Waals surface area contributed by atoms with Gasteiger partial charge in [0, 0.05) is 41.1 Å². The van der Waals surface area contributed by atoms with Crippen molar-refractivity contribution >= 4 is 27.6 Å². The molecular weight excluding hydrogens is 472 g/mol. The molecule has 8 nitrogen and oxygen atoms in total. The molecule has 0 amide bonds. The first-order valence-electron chi connectivity index (χ1n) is 12.7. The predicted octanol–water partition coefficient (Wildman–Crippen LogP) is 6.33. The summed E-state index contributed by atoms with van der Waals surface area (Å²) in [5.41, 5.74) is 9.43. The van der Waals surface area contributed by atoms with E-state index in [2.05, 4.69) is 49.7 Å². The van der Waals surface area contributed by atoms with Gasteiger partial charge in [0.1, 0.15) is 11.0 Å². The summed E-state index contributed by atoms with van der Waals surface area (Å²) in [5.74, 6) is 1.16. The van der Waals surface area contributed by atoms with Crippen LogP contribution in [0.3, 0.4) is 0 Å². The zero-order valence-electron chi connectivity index (χ0n) is 21.2. The summed E-state index contributed by atoms with van der Waals surface area (Å²) in [4.78, 5) is 21.9. The van der Waals surface area contributed by atoms with Gasteiger partial charge in [-0.15, -0.1) is 0 Å². The molecule has 1 aliphatic rings. The minimum Gasteiger partial charge on any atom is -0.359 e. The molecule has 0 spiro atoms. The van der Waals surface area contributed by atoms with Crippen LogP contribution >= 0.6 is 0 Å². The zero-order chi connectivity index (χ0) is 26.1. The van der Waals surface area contributed by atoms with E-state index in [1.54, 1.807) is 18.6 Å². The molecule has 0 atom stereocenters. The molecular formula is C30H28N8. The number of imidazole rings is 1. The number of aromatic nitrogens is 7. The van der Waals surface area contributed by atoms with Crippen LogP contribution in [0.2, 0.25) is 0 Å². The number of fused-ring (bicyclic) bond motifs is 2. The second-order valence-corrected chi connectivity index (χ2v) is 9.40. The van der Waals surface area contributed by atoms with Gasteiger partial charge in [-0.1, -0.05) is 31.7 Å². The molecule has 1 saturated carbocycles. The number of nitrogens with one attached hydrogen (secondary N) is 3. The summed E-state index contributed by atoms with van der Waals surface area (Å²) in [7, 11) is 0. The topological polar surface area (TPSA) is 108 Å². The Morgan fingerprint density at radius 1 is 1.05 bits per heavy atom. The van der Waals surface area contributed by atoms with Crippen molar-refractivity contribution in [2.75, 3.05) is 0 Å². The van der Waals surface area contributed by atoms with Crippen LogP contribution in [-0.2, 0) is 0 Å². The van der Waals surface area contributed by atoms with Crippen molar-refractivity contribution in [3.8, 4) is 22.6 Å². The maximum Gasteiger partial charge on any atom is 0.161 e. The first kappa shape index (κ1) is 23.5. The lowest BCUT2D eigenvalue weighted by Gasteiger charge is -2.28. The standard InChI is InChI=1S/C30H28N8/c1-4-19(14-22(5-2)33-18(3)20-8-6-9-20)24-11-12-25-28(34-24)29(38-37-25)30-35-26-17-32-16-23(27(26)36-30)21-10-7-13-31-15-21/h4-5,7,10-17,20,33H,2-3,6,8-9H2,1H3,(H,35,36)(H,37,38)/b19-4+,22-14+. The summed E-state index contributed by atoms with van der Waals surface area (Å²) in [5, 5.41) is 11.1. The predicted molar refractivity (Wildman–Crippen MR) is 152 cm³/mol. The molecule has 188 valence electrons. The molecule has 0 bridgehead atoms. The molecule has 5 aromatic heterocycles. The molecule has 38 heavy (non-hydrogen) atoms. The summed E-state index contributed by atoms with van der Waals surface area (Å²) < 4.78 is 0. The van der Waals surface area contributed by atoms with Gasteiger partial charge in [-0.25, -0.2) is 9.97 Å². The number of allylic oxidation sites excluding steroid dienone is 5. The highest BCUT2D eigenvalue weighted by atomic mass is 15.2. The van der Waals surface area contributed by atoms with Crippen LogP contribution in [0.25, 0.3) is 50.3 Å². The Morgan fingerprint density at radius 2 is 1.95 bits per heavy atom. The molecule has 8 heteroatoms. The number of H-pyrrole nitrogens is 2. The van der Waals surface area contributed by atoms with Crippen molar-refractivity contribution in [2.45, 2.75) is 26.2 Å². The van der Waals surface area contributed by atoms with Gasteiger partial charge in [-0.3, -0.25) is 15.1 Å². The zero-order valence-corrected chi connectivity index (χ0v) is 21.2. The van der Waals surface area contributed by atoms with Gasteiger partial charge in [0.25, 0.3) is 0 Å². The van der Waals surface area contributed by atoms with E-state index >= 15 is 0 Å². The molecule has 0 aliphatic heterocycles. The molecule has 5 aromatic rings. The van der Waals surface area contributed by atoms with E-state index in [0.717, 1.165) is 55.9 Å². The van der Waals surface area contributed by atoms with Crippen LogP contribution in [-0.4, -0.2) is 35.1 Å². The van der Waals surface area contributed by atoms with Crippen LogP contribution in [0.4, 0.5) is 0 Å². The van der Waals surface area contributed by atoms with Gasteiger partial charge in [0.2, 0.25) is 0 Å². The van der Waals surface area contributed by atoms with Gasteiger partial charge in [-0.05, 0) is 61.6 Å². The fraction of sp³-hybridized carbons (Fsp3) is 0.167. The molecule has 0 aromatic carbocycles. The largest absolute Gasteiger partial charge is 0.359 e. The minimum absolute atomic E-state index is 0.535. The van der Waals surface area contributed by atoms with E-state index in [1.165, 1.54) is 19.3 Å². The van der Waals surface area contributed by atoms with Gasteiger partial charge in [-0.2, -0.15) is 5.10 Å². The van der Waals surface area contributed by atoms with Gasteiger partial charge in [0.05, 0.1) is 22.9 Å². The summed E-state index contributed by atoms with van der Waals surface area (Å²) in [6.07, 6.45) is 16.7. The number of hydrogen-bond donors (Lipinski definition) is 3. The normalized spacial score (nSPS) is 14.6. The molecule has 6 rings (SSSR count). The molecule has 1 aliphatic carbocycles. The number of rotatable bonds is 8. The Bertz CT molecular complexity index is 1720. The SMILES string of the molecule is C=C/C(=C\C(=C/C)c1ccc2[nH]nc(-c3nc4c(-c5cccnc5)cncc4[nH]3)c2n1)NC(=C)C1CCC1. The average molecular weight is 501 g/mol. The van der Waals surface area contributed by atoms with E-state index in [0.29, 0.717) is 17.4 Å². The minimum atomic E-state index is 0.535. The molecule has 0 saturated heterocycles. The third-order valence-corrected chi connectivity index (χ3v) is 7.04. The Kier molecular flexibility index (Phi) is 6.13. The van der Waals surface area contributed by atoms with Crippen molar-refractivity contribution in [3.63, 3.8) is 0 Å². The smallest absolute Gasteiger partial charge is 0.161 e. The Balaban J connectivity index is 1.37. The highest BCUT2D eigenvalue weighted by molar-refractivity contribution is 5.95. The number of aromatic amines is 2. The summed E-state index contributed by atoms with van der Waals surface area (Å²) in [6.45, 7) is 10.2. The van der Waals surface area contributed by atoms with Gasteiger partial charge >= 0.3 is 0 Å². The number of hydrogen-bond acceptors (Lipinski definition) is 6. The second-order valence-electron chi connectivity index (χ2n) is 9.40. The highest BCUT2D eigenvalue weighted by Crippen LogP contribution is 2.32. The molecule has 0 radical (unpaired) electrons. The maximum atomic E-state index is 4.99. The molecule has 1 fully saturated rings. The fourth-order valence-electron chi connectivity index (χ4n) is 4.67. The number of nitrogens with zero attached hydrogens (tertiary/aromatic N) is 5. The quantitative estimate of drug-likeness (QED) is 0.215. The van der Waals surface area contributed by atoms with Gasteiger partial charge < -0.3 is 10.3 Å². The summed E-state index contributed by atoms with van der Waals surface area (Å²) >= 11 is 0. The first-order chi connectivity index (χ1) is 18.6. The average Bonchev–Trinajstić information content (AvgIpc) is 3.54.